The minimum Gasteiger partial charge on any atom is -0.458 e. The minimum absolute atomic E-state index is 0.0106. The van der Waals surface area contributed by atoms with Crippen LogP contribution in [0.25, 0.3) is 6.08 Å². The van der Waals surface area contributed by atoms with Crippen LogP contribution in [0.5, 0.6) is 0 Å². The van der Waals surface area contributed by atoms with Crippen LogP contribution in [0.1, 0.15) is 16.8 Å². The number of hydrogen-bond acceptors (Lipinski definition) is 6. The number of benzene rings is 2. The highest BCUT2D eigenvalue weighted by atomic mass is 16.6. The standard InChI is InChI=1S/C19H16N4O4/c24-19(27-14-16-6-9-18(10-7-16)23(25)26)11-8-17-13-22(21-20-17)12-15-4-2-1-3-5-15/h1-11,13H,12,14H2/b11-8+. The van der Waals surface area contributed by atoms with Gasteiger partial charge in [0.05, 0.1) is 17.7 Å². The zero-order valence-corrected chi connectivity index (χ0v) is 14.3. The first-order chi connectivity index (χ1) is 13.1. The normalized spacial score (nSPS) is 10.8. The predicted molar refractivity (Wildman–Crippen MR) is 97.5 cm³/mol. The summed E-state index contributed by atoms with van der Waals surface area (Å²) in [6.07, 6.45) is 4.52. The lowest BCUT2D eigenvalue weighted by Gasteiger charge is -2.01. The number of carbonyl (C=O) groups is 1. The van der Waals surface area contributed by atoms with Gasteiger partial charge in [-0.05, 0) is 29.3 Å². The van der Waals surface area contributed by atoms with Crippen molar-refractivity contribution in [3.63, 3.8) is 0 Å². The zero-order valence-electron chi connectivity index (χ0n) is 14.3. The Morgan fingerprint density at radius 3 is 2.56 bits per heavy atom. The quantitative estimate of drug-likeness (QED) is 0.276. The van der Waals surface area contributed by atoms with Gasteiger partial charge in [0.25, 0.3) is 5.69 Å². The van der Waals surface area contributed by atoms with Crippen LogP contribution in [0.4, 0.5) is 5.69 Å². The van der Waals surface area contributed by atoms with E-state index in [0.717, 1.165) is 5.56 Å². The van der Waals surface area contributed by atoms with Gasteiger partial charge in [-0.1, -0.05) is 35.5 Å². The van der Waals surface area contributed by atoms with Crippen molar-refractivity contribution in [2.45, 2.75) is 13.2 Å². The molecule has 2 aromatic carbocycles. The molecule has 1 aromatic heterocycles. The molecule has 8 heteroatoms. The molecule has 0 fully saturated rings. The molecule has 0 N–H and O–H groups in total. The van der Waals surface area contributed by atoms with Gasteiger partial charge in [-0.25, -0.2) is 9.48 Å². The fourth-order valence-electron chi connectivity index (χ4n) is 2.31. The Kier molecular flexibility index (Phi) is 5.68. The molecule has 0 unspecified atom stereocenters. The number of hydrogen-bond donors (Lipinski definition) is 0. The summed E-state index contributed by atoms with van der Waals surface area (Å²) in [6.45, 7) is 0.619. The fraction of sp³-hybridized carbons (Fsp3) is 0.105. The Hall–Kier alpha value is -3.81. The summed E-state index contributed by atoms with van der Waals surface area (Å²) >= 11 is 0. The molecule has 0 aliphatic heterocycles. The third-order valence-corrected chi connectivity index (χ3v) is 3.66. The van der Waals surface area contributed by atoms with Crippen LogP contribution in [-0.2, 0) is 22.7 Å². The van der Waals surface area contributed by atoms with Crippen LogP contribution in [0, 0.1) is 10.1 Å². The van der Waals surface area contributed by atoms with Gasteiger partial charge in [0.1, 0.15) is 12.3 Å². The SMILES string of the molecule is O=C(/C=C/c1cn(Cc2ccccc2)nn1)OCc1ccc([N+](=O)[O-])cc1. The number of non-ortho nitro benzene ring substituents is 1. The van der Waals surface area contributed by atoms with E-state index in [1.54, 1.807) is 23.0 Å². The average Bonchev–Trinajstić information content (AvgIpc) is 3.13. The summed E-state index contributed by atoms with van der Waals surface area (Å²) in [6, 6.07) is 15.7. The molecule has 0 amide bonds. The summed E-state index contributed by atoms with van der Waals surface area (Å²) in [5.74, 6) is -0.536. The molecule has 27 heavy (non-hydrogen) atoms. The van der Waals surface area contributed by atoms with Crippen molar-refractivity contribution in [2.24, 2.45) is 0 Å². The first-order valence-electron chi connectivity index (χ1n) is 8.12. The number of rotatable bonds is 7. The fourth-order valence-corrected chi connectivity index (χ4v) is 2.31. The first-order valence-corrected chi connectivity index (χ1v) is 8.12. The van der Waals surface area contributed by atoms with Gasteiger partial charge >= 0.3 is 5.97 Å². The van der Waals surface area contributed by atoms with Gasteiger partial charge in [0.2, 0.25) is 0 Å². The van der Waals surface area contributed by atoms with Crippen LogP contribution in [0.15, 0.2) is 66.9 Å². The van der Waals surface area contributed by atoms with Gasteiger partial charge in [-0.15, -0.1) is 5.10 Å². The molecule has 8 nitrogen and oxygen atoms in total. The monoisotopic (exact) mass is 364 g/mol. The van der Waals surface area contributed by atoms with Crippen molar-refractivity contribution in [1.82, 2.24) is 15.0 Å². The van der Waals surface area contributed by atoms with E-state index in [4.69, 9.17) is 4.74 Å². The lowest BCUT2D eigenvalue weighted by Crippen LogP contribution is -2.01. The molecule has 0 spiro atoms. The molecular weight excluding hydrogens is 348 g/mol. The molecule has 3 aromatic rings. The lowest BCUT2D eigenvalue weighted by molar-refractivity contribution is -0.384. The Morgan fingerprint density at radius 1 is 1.11 bits per heavy atom. The zero-order chi connectivity index (χ0) is 19.1. The number of nitro benzene ring substituents is 1. The molecule has 0 atom stereocenters. The second-order valence-corrected chi connectivity index (χ2v) is 5.69. The van der Waals surface area contributed by atoms with Crippen molar-refractivity contribution in [3.8, 4) is 0 Å². The van der Waals surface area contributed by atoms with Crippen molar-refractivity contribution >= 4 is 17.7 Å². The molecular formula is C19H16N4O4. The summed E-state index contributed by atoms with van der Waals surface area (Å²) in [5.41, 5.74) is 2.29. The van der Waals surface area contributed by atoms with Crippen molar-refractivity contribution in [2.75, 3.05) is 0 Å². The third-order valence-electron chi connectivity index (χ3n) is 3.66. The molecule has 0 saturated heterocycles. The van der Waals surface area contributed by atoms with Gasteiger partial charge in [0, 0.05) is 18.2 Å². The van der Waals surface area contributed by atoms with Gasteiger partial charge < -0.3 is 4.74 Å². The van der Waals surface area contributed by atoms with Gasteiger partial charge in [-0.2, -0.15) is 0 Å². The number of nitrogens with zero attached hydrogens (tertiary/aromatic N) is 4. The van der Waals surface area contributed by atoms with Gasteiger partial charge in [0.15, 0.2) is 0 Å². The Balaban J connectivity index is 1.50. The van der Waals surface area contributed by atoms with E-state index in [2.05, 4.69) is 10.3 Å². The summed E-state index contributed by atoms with van der Waals surface area (Å²) in [5, 5.41) is 18.6. The van der Waals surface area contributed by atoms with E-state index >= 15 is 0 Å². The van der Waals surface area contributed by atoms with Crippen LogP contribution in [-0.4, -0.2) is 25.9 Å². The Morgan fingerprint density at radius 2 is 1.85 bits per heavy atom. The second kappa shape index (κ2) is 8.52. The van der Waals surface area contributed by atoms with Crippen LogP contribution in [0.3, 0.4) is 0 Å². The molecule has 0 radical (unpaired) electrons. The maximum atomic E-state index is 11.8. The van der Waals surface area contributed by atoms with E-state index < -0.39 is 10.9 Å². The highest BCUT2D eigenvalue weighted by Gasteiger charge is 2.05. The first kappa shape index (κ1) is 18.0. The van der Waals surface area contributed by atoms with E-state index in [9.17, 15) is 14.9 Å². The van der Waals surface area contributed by atoms with E-state index in [-0.39, 0.29) is 12.3 Å². The van der Waals surface area contributed by atoms with Crippen molar-refractivity contribution < 1.29 is 14.5 Å². The molecule has 0 aliphatic rings. The molecule has 0 bridgehead atoms. The molecule has 136 valence electrons. The van der Waals surface area contributed by atoms with E-state index in [1.807, 2.05) is 30.3 Å². The Labute approximate surface area is 154 Å². The Bertz CT molecular complexity index is 949. The minimum atomic E-state index is -0.536. The van der Waals surface area contributed by atoms with Crippen molar-refractivity contribution in [1.29, 1.82) is 0 Å². The van der Waals surface area contributed by atoms with Crippen LogP contribution >= 0.6 is 0 Å². The lowest BCUT2D eigenvalue weighted by atomic mass is 10.2. The smallest absolute Gasteiger partial charge is 0.331 e. The number of esters is 1. The molecule has 1 heterocycles. The molecule has 0 aliphatic carbocycles. The number of ether oxygens (including phenoxy) is 1. The van der Waals surface area contributed by atoms with Crippen molar-refractivity contribution in [3.05, 3.63) is 93.8 Å². The number of carbonyl (C=O) groups excluding carboxylic acids is 1. The topological polar surface area (TPSA) is 100 Å². The third kappa shape index (κ3) is 5.33. The maximum Gasteiger partial charge on any atom is 0.331 e. The maximum absolute atomic E-state index is 11.8. The van der Waals surface area contributed by atoms with E-state index in [0.29, 0.717) is 17.8 Å². The predicted octanol–water partition coefficient (Wildman–Crippen LogP) is 2.99. The summed E-state index contributed by atoms with van der Waals surface area (Å²) in [7, 11) is 0. The highest BCUT2D eigenvalue weighted by molar-refractivity contribution is 5.86. The summed E-state index contributed by atoms with van der Waals surface area (Å²) < 4.78 is 6.78. The largest absolute Gasteiger partial charge is 0.458 e. The van der Waals surface area contributed by atoms with E-state index in [1.165, 1.54) is 24.3 Å². The second-order valence-electron chi connectivity index (χ2n) is 5.69. The average molecular weight is 364 g/mol. The van der Waals surface area contributed by atoms with Crippen LogP contribution in [0.2, 0.25) is 0 Å². The van der Waals surface area contributed by atoms with Gasteiger partial charge in [-0.3, -0.25) is 10.1 Å². The number of nitro groups is 1. The number of aromatic nitrogens is 3. The molecule has 0 saturated carbocycles. The van der Waals surface area contributed by atoms with Crippen LogP contribution < -0.4 is 0 Å². The summed E-state index contributed by atoms with van der Waals surface area (Å²) in [4.78, 5) is 21.9. The molecule has 3 rings (SSSR count). The highest BCUT2D eigenvalue weighted by Crippen LogP contribution is 2.12.